The third-order valence-corrected chi connectivity index (χ3v) is 3.67. The van der Waals surface area contributed by atoms with Crippen LogP contribution in [0.3, 0.4) is 0 Å². The van der Waals surface area contributed by atoms with Gasteiger partial charge < -0.3 is 10.1 Å². The molecular formula is C15H23NO. The van der Waals surface area contributed by atoms with Crippen molar-refractivity contribution < 1.29 is 4.74 Å². The van der Waals surface area contributed by atoms with Crippen molar-refractivity contribution in [3.63, 3.8) is 0 Å². The van der Waals surface area contributed by atoms with Crippen molar-refractivity contribution in [3.05, 3.63) is 35.4 Å². The highest BCUT2D eigenvalue weighted by atomic mass is 16.5. The number of methoxy groups -OCH3 is 1. The molecule has 2 nitrogen and oxygen atoms in total. The minimum Gasteiger partial charge on any atom is -0.375 e. The molecule has 2 rings (SSSR count). The largest absolute Gasteiger partial charge is 0.375 e. The van der Waals surface area contributed by atoms with Crippen molar-refractivity contribution in [3.8, 4) is 0 Å². The van der Waals surface area contributed by atoms with Crippen LogP contribution in [0.2, 0.25) is 0 Å². The average Bonchev–Trinajstić information content (AvgIpc) is 2.23. The summed E-state index contributed by atoms with van der Waals surface area (Å²) in [6.45, 7) is 8.66. The fraction of sp³-hybridized carbons (Fsp3) is 0.600. The molecular weight excluding hydrogens is 210 g/mol. The maximum absolute atomic E-state index is 5.61. The molecule has 1 aliphatic heterocycles. The summed E-state index contributed by atoms with van der Waals surface area (Å²) in [6.07, 6.45) is 1.00. The van der Waals surface area contributed by atoms with Gasteiger partial charge >= 0.3 is 0 Å². The van der Waals surface area contributed by atoms with Crippen molar-refractivity contribution in [2.75, 3.05) is 20.2 Å². The maximum Gasteiger partial charge on any atom is 0.0966 e. The van der Waals surface area contributed by atoms with Crippen LogP contribution in [0.15, 0.2) is 24.3 Å². The molecule has 0 spiro atoms. The molecule has 1 heterocycles. The van der Waals surface area contributed by atoms with Crippen LogP contribution < -0.4 is 5.32 Å². The van der Waals surface area contributed by atoms with Crippen LogP contribution in [0.5, 0.6) is 0 Å². The van der Waals surface area contributed by atoms with E-state index in [1.807, 2.05) is 7.11 Å². The third kappa shape index (κ3) is 2.70. The van der Waals surface area contributed by atoms with Crippen LogP contribution in [0.1, 0.15) is 31.9 Å². The summed E-state index contributed by atoms with van der Waals surface area (Å²) in [6, 6.07) is 8.95. The molecule has 1 aromatic carbocycles. The summed E-state index contributed by atoms with van der Waals surface area (Å²) in [7, 11) is 1.81. The molecule has 0 atom stereocenters. The van der Waals surface area contributed by atoms with Gasteiger partial charge in [-0.15, -0.1) is 0 Å². The summed E-state index contributed by atoms with van der Waals surface area (Å²) in [5.74, 6) is 0. The Bertz CT molecular complexity index is 365. The van der Waals surface area contributed by atoms with E-state index in [0.29, 0.717) is 0 Å². The Labute approximate surface area is 104 Å². The molecule has 0 unspecified atom stereocenters. The van der Waals surface area contributed by atoms with Gasteiger partial charge in [-0.3, -0.25) is 0 Å². The second-order valence-electron chi connectivity index (χ2n) is 6.11. The lowest BCUT2D eigenvalue weighted by Crippen LogP contribution is -2.61. The zero-order valence-electron chi connectivity index (χ0n) is 11.3. The Morgan fingerprint density at radius 1 is 1.18 bits per heavy atom. The fourth-order valence-electron chi connectivity index (χ4n) is 2.24. The SMILES string of the molecule is COC1(Cc2ccc(C(C)(C)C)cc2)CNC1. The van der Waals surface area contributed by atoms with E-state index in [4.69, 9.17) is 4.74 Å². The van der Waals surface area contributed by atoms with Crippen LogP contribution in [0.25, 0.3) is 0 Å². The molecule has 2 heteroatoms. The third-order valence-electron chi connectivity index (χ3n) is 3.67. The quantitative estimate of drug-likeness (QED) is 0.866. The molecule has 1 aromatic rings. The smallest absolute Gasteiger partial charge is 0.0966 e. The van der Waals surface area contributed by atoms with Gasteiger partial charge in [-0.05, 0) is 16.5 Å². The highest BCUT2D eigenvalue weighted by Gasteiger charge is 2.36. The molecule has 0 radical (unpaired) electrons. The lowest BCUT2D eigenvalue weighted by molar-refractivity contribution is -0.0502. The molecule has 94 valence electrons. The summed E-state index contributed by atoms with van der Waals surface area (Å²) < 4.78 is 5.61. The first-order valence-electron chi connectivity index (χ1n) is 6.31. The summed E-state index contributed by atoms with van der Waals surface area (Å²) in [5.41, 5.74) is 3.01. The van der Waals surface area contributed by atoms with Gasteiger partial charge in [0.15, 0.2) is 0 Å². The Hall–Kier alpha value is -0.860. The monoisotopic (exact) mass is 233 g/mol. The van der Waals surface area contributed by atoms with E-state index in [1.54, 1.807) is 0 Å². The van der Waals surface area contributed by atoms with Gasteiger partial charge in [0.05, 0.1) is 5.60 Å². The van der Waals surface area contributed by atoms with Gasteiger partial charge in [0.1, 0.15) is 0 Å². The van der Waals surface area contributed by atoms with Crippen LogP contribution in [-0.4, -0.2) is 25.8 Å². The first kappa shape index (κ1) is 12.6. The van der Waals surface area contributed by atoms with E-state index < -0.39 is 0 Å². The molecule has 0 amide bonds. The highest BCUT2D eigenvalue weighted by Crippen LogP contribution is 2.25. The molecule has 1 N–H and O–H groups in total. The van der Waals surface area contributed by atoms with Gasteiger partial charge in [-0.2, -0.15) is 0 Å². The number of benzene rings is 1. The van der Waals surface area contributed by atoms with Gasteiger partial charge in [-0.25, -0.2) is 0 Å². The Kier molecular flexibility index (Phi) is 3.28. The predicted octanol–water partition coefficient (Wildman–Crippen LogP) is 2.52. The van der Waals surface area contributed by atoms with Gasteiger partial charge in [-0.1, -0.05) is 45.0 Å². The summed E-state index contributed by atoms with van der Waals surface area (Å²) in [5, 5.41) is 3.28. The van der Waals surface area contributed by atoms with E-state index in [2.05, 4.69) is 50.4 Å². The first-order valence-corrected chi connectivity index (χ1v) is 6.31. The molecule has 1 fully saturated rings. The van der Waals surface area contributed by atoms with E-state index in [1.165, 1.54) is 11.1 Å². The molecule has 0 aliphatic carbocycles. The summed E-state index contributed by atoms with van der Waals surface area (Å²) in [4.78, 5) is 0. The van der Waals surface area contributed by atoms with Crippen LogP contribution in [-0.2, 0) is 16.6 Å². The molecule has 1 saturated heterocycles. The van der Waals surface area contributed by atoms with Crippen molar-refractivity contribution in [1.82, 2.24) is 5.32 Å². The van der Waals surface area contributed by atoms with Gasteiger partial charge in [0, 0.05) is 26.6 Å². The van der Waals surface area contributed by atoms with E-state index in [-0.39, 0.29) is 11.0 Å². The summed E-state index contributed by atoms with van der Waals surface area (Å²) >= 11 is 0. The minimum atomic E-state index is 0.0310. The highest BCUT2D eigenvalue weighted by molar-refractivity contribution is 5.29. The fourth-order valence-corrected chi connectivity index (χ4v) is 2.24. The second kappa shape index (κ2) is 4.43. The number of nitrogens with one attached hydrogen (secondary N) is 1. The predicted molar refractivity (Wildman–Crippen MR) is 71.5 cm³/mol. The molecule has 1 aliphatic rings. The van der Waals surface area contributed by atoms with Crippen molar-refractivity contribution in [2.45, 2.75) is 38.2 Å². The van der Waals surface area contributed by atoms with Gasteiger partial charge in [0.2, 0.25) is 0 Å². The van der Waals surface area contributed by atoms with E-state index in [0.717, 1.165) is 19.5 Å². The van der Waals surface area contributed by atoms with E-state index in [9.17, 15) is 0 Å². The molecule has 0 aromatic heterocycles. The zero-order valence-corrected chi connectivity index (χ0v) is 11.3. The standard InChI is InChI=1S/C15H23NO/c1-14(2,3)13-7-5-12(6-8-13)9-15(17-4)10-16-11-15/h5-8,16H,9-11H2,1-4H3. The minimum absolute atomic E-state index is 0.0310. The zero-order chi connectivity index (χ0) is 12.5. The topological polar surface area (TPSA) is 21.3 Å². The second-order valence-corrected chi connectivity index (χ2v) is 6.11. The van der Waals surface area contributed by atoms with Crippen molar-refractivity contribution >= 4 is 0 Å². The van der Waals surface area contributed by atoms with E-state index >= 15 is 0 Å². The van der Waals surface area contributed by atoms with Crippen LogP contribution in [0, 0.1) is 0 Å². The number of rotatable bonds is 3. The maximum atomic E-state index is 5.61. The lowest BCUT2D eigenvalue weighted by atomic mass is 9.84. The van der Waals surface area contributed by atoms with Crippen LogP contribution >= 0.6 is 0 Å². The normalized spacial score (nSPS) is 18.8. The molecule has 17 heavy (non-hydrogen) atoms. The number of ether oxygens (including phenoxy) is 1. The average molecular weight is 233 g/mol. The van der Waals surface area contributed by atoms with Crippen molar-refractivity contribution in [1.29, 1.82) is 0 Å². The molecule has 0 bridgehead atoms. The lowest BCUT2D eigenvalue weighted by Gasteiger charge is -2.41. The molecule has 0 saturated carbocycles. The van der Waals surface area contributed by atoms with Crippen LogP contribution in [0.4, 0.5) is 0 Å². The van der Waals surface area contributed by atoms with Crippen molar-refractivity contribution in [2.24, 2.45) is 0 Å². The number of hydrogen-bond donors (Lipinski definition) is 1. The Morgan fingerprint density at radius 2 is 1.76 bits per heavy atom. The van der Waals surface area contributed by atoms with Gasteiger partial charge in [0.25, 0.3) is 0 Å². The Morgan fingerprint density at radius 3 is 2.12 bits per heavy atom. The number of hydrogen-bond acceptors (Lipinski definition) is 2. The Balaban J connectivity index is 2.08. The first-order chi connectivity index (χ1) is 7.95.